The maximum Gasteiger partial charge on any atom is 0.324 e. The topological polar surface area (TPSA) is 60.9 Å². The van der Waals surface area contributed by atoms with Gasteiger partial charge in [-0.25, -0.2) is 14.3 Å². The number of hydrogen-bond donors (Lipinski definition) is 1. The van der Waals surface area contributed by atoms with Crippen LogP contribution in [0.15, 0.2) is 18.2 Å². The number of benzene rings is 1. The molecule has 2 N–H and O–H groups in total. The quantitative estimate of drug-likeness (QED) is 0.683. The second kappa shape index (κ2) is 2.83. The van der Waals surface area contributed by atoms with Gasteiger partial charge in [-0.3, -0.25) is 0 Å². The third-order valence-electron chi connectivity index (χ3n) is 2.27. The molecule has 1 heterocycles. The minimum absolute atomic E-state index is 0.490. The first kappa shape index (κ1) is 8.74. The third-order valence-corrected chi connectivity index (χ3v) is 2.27. The molecule has 0 aliphatic heterocycles. The molecule has 1 aromatic carbocycles. The van der Waals surface area contributed by atoms with Gasteiger partial charge < -0.3 is 5.73 Å². The second-order valence-electron chi connectivity index (χ2n) is 3.28. The standard InChI is InChI=1S/C10H11N3O/c1-6-4-3-5-8-9(6)12-7(2)13(8)10(11)14/h3-5H,1-2H3,(H2,11,14). The van der Waals surface area contributed by atoms with Crippen molar-refractivity contribution in [1.82, 2.24) is 9.55 Å². The molecule has 4 heteroatoms. The van der Waals surface area contributed by atoms with E-state index >= 15 is 0 Å². The fraction of sp³-hybridized carbons (Fsp3) is 0.200. The number of fused-ring (bicyclic) bond motifs is 1. The molecule has 0 atom stereocenters. The number of aromatic nitrogens is 2. The van der Waals surface area contributed by atoms with Crippen LogP contribution in [-0.4, -0.2) is 15.6 Å². The molecule has 2 rings (SSSR count). The molecule has 0 aliphatic carbocycles. The first-order valence-corrected chi connectivity index (χ1v) is 4.35. The van der Waals surface area contributed by atoms with Gasteiger partial charge in [0.05, 0.1) is 11.0 Å². The SMILES string of the molecule is Cc1cccc2c1nc(C)n2C(N)=O. The molecular formula is C10H11N3O. The fourth-order valence-electron chi connectivity index (χ4n) is 1.63. The predicted molar refractivity (Wildman–Crippen MR) is 54.2 cm³/mol. The Morgan fingerprint density at radius 2 is 2.14 bits per heavy atom. The average Bonchev–Trinajstić information content (AvgIpc) is 2.42. The van der Waals surface area contributed by atoms with E-state index < -0.39 is 6.03 Å². The monoisotopic (exact) mass is 189 g/mol. The molecule has 0 unspecified atom stereocenters. The van der Waals surface area contributed by atoms with E-state index in [1.54, 1.807) is 6.92 Å². The van der Waals surface area contributed by atoms with E-state index in [-0.39, 0.29) is 0 Å². The number of hydrogen-bond acceptors (Lipinski definition) is 2. The summed E-state index contributed by atoms with van der Waals surface area (Å²) in [7, 11) is 0. The summed E-state index contributed by atoms with van der Waals surface area (Å²) in [5.41, 5.74) is 7.92. The van der Waals surface area contributed by atoms with E-state index in [1.165, 1.54) is 4.57 Å². The van der Waals surface area contributed by atoms with Crippen molar-refractivity contribution in [1.29, 1.82) is 0 Å². The van der Waals surface area contributed by atoms with Crippen molar-refractivity contribution in [2.75, 3.05) is 0 Å². The Balaban J connectivity index is 2.90. The van der Waals surface area contributed by atoms with Gasteiger partial charge in [-0.15, -0.1) is 0 Å². The highest BCUT2D eigenvalue weighted by molar-refractivity contribution is 5.90. The summed E-state index contributed by atoms with van der Waals surface area (Å²) in [5.74, 6) is 0.627. The zero-order valence-corrected chi connectivity index (χ0v) is 8.11. The predicted octanol–water partition coefficient (Wildman–Crippen LogP) is 1.58. The highest BCUT2D eigenvalue weighted by Crippen LogP contribution is 2.18. The Morgan fingerprint density at radius 3 is 2.79 bits per heavy atom. The van der Waals surface area contributed by atoms with Gasteiger partial charge in [0, 0.05) is 0 Å². The summed E-state index contributed by atoms with van der Waals surface area (Å²) >= 11 is 0. The molecule has 2 aromatic rings. The van der Waals surface area contributed by atoms with Crippen LogP contribution < -0.4 is 5.73 Å². The van der Waals surface area contributed by atoms with Crippen LogP contribution in [0.5, 0.6) is 0 Å². The van der Waals surface area contributed by atoms with Gasteiger partial charge >= 0.3 is 6.03 Å². The van der Waals surface area contributed by atoms with Crippen molar-refractivity contribution < 1.29 is 4.79 Å². The number of carbonyl (C=O) groups is 1. The molecule has 0 fully saturated rings. The molecule has 72 valence electrons. The Morgan fingerprint density at radius 1 is 1.43 bits per heavy atom. The Kier molecular flexibility index (Phi) is 1.77. The maximum absolute atomic E-state index is 11.2. The highest BCUT2D eigenvalue weighted by Gasteiger charge is 2.11. The van der Waals surface area contributed by atoms with E-state index in [0.717, 1.165) is 16.6 Å². The molecule has 0 saturated carbocycles. The Labute approximate surface area is 81.3 Å². The zero-order valence-electron chi connectivity index (χ0n) is 8.11. The van der Waals surface area contributed by atoms with E-state index in [9.17, 15) is 4.79 Å². The van der Waals surface area contributed by atoms with Crippen LogP contribution >= 0.6 is 0 Å². The van der Waals surface area contributed by atoms with Gasteiger partial charge in [-0.1, -0.05) is 12.1 Å². The van der Waals surface area contributed by atoms with Crippen molar-refractivity contribution in [3.63, 3.8) is 0 Å². The lowest BCUT2D eigenvalue weighted by atomic mass is 10.2. The first-order valence-electron chi connectivity index (χ1n) is 4.35. The molecule has 0 bridgehead atoms. The number of rotatable bonds is 0. The average molecular weight is 189 g/mol. The minimum Gasteiger partial charge on any atom is -0.351 e. The summed E-state index contributed by atoms with van der Waals surface area (Å²) in [5, 5.41) is 0. The number of primary amides is 1. The highest BCUT2D eigenvalue weighted by atomic mass is 16.2. The van der Waals surface area contributed by atoms with E-state index in [4.69, 9.17) is 5.73 Å². The molecule has 0 radical (unpaired) electrons. The largest absolute Gasteiger partial charge is 0.351 e. The molecule has 0 aliphatic rings. The van der Waals surface area contributed by atoms with Gasteiger partial charge in [0.25, 0.3) is 0 Å². The summed E-state index contributed by atoms with van der Waals surface area (Å²) in [4.78, 5) is 15.4. The van der Waals surface area contributed by atoms with Crippen LogP contribution in [0.4, 0.5) is 4.79 Å². The Hall–Kier alpha value is -1.84. The van der Waals surface area contributed by atoms with Crippen molar-refractivity contribution >= 4 is 17.1 Å². The van der Waals surface area contributed by atoms with E-state index in [1.807, 2.05) is 25.1 Å². The number of nitrogens with two attached hydrogens (primary N) is 1. The van der Waals surface area contributed by atoms with Gasteiger partial charge in [0.15, 0.2) is 0 Å². The number of amides is 1. The lowest BCUT2D eigenvalue weighted by molar-refractivity contribution is 0.250. The molecule has 1 aromatic heterocycles. The number of imidazole rings is 1. The van der Waals surface area contributed by atoms with Crippen LogP contribution in [-0.2, 0) is 0 Å². The van der Waals surface area contributed by atoms with Crippen LogP contribution in [0.3, 0.4) is 0 Å². The number of aryl methyl sites for hydroxylation is 2. The van der Waals surface area contributed by atoms with E-state index in [0.29, 0.717) is 5.82 Å². The minimum atomic E-state index is -0.490. The van der Waals surface area contributed by atoms with Crippen molar-refractivity contribution in [3.8, 4) is 0 Å². The maximum atomic E-state index is 11.2. The van der Waals surface area contributed by atoms with Crippen molar-refractivity contribution in [2.24, 2.45) is 5.73 Å². The molecule has 0 spiro atoms. The summed E-state index contributed by atoms with van der Waals surface area (Å²) in [6.45, 7) is 3.73. The summed E-state index contributed by atoms with van der Waals surface area (Å²) < 4.78 is 1.42. The van der Waals surface area contributed by atoms with Crippen LogP contribution in [0, 0.1) is 13.8 Å². The molecule has 0 saturated heterocycles. The van der Waals surface area contributed by atoms with Crippen LogP contribution in [0.2, 0.25) is 0 Å². The van der Waals surface area contributed by atoms with Crippen molar-refractivity contribution in [3.05, 3.63) is 29.6 Å². The van der Waals surface area contributed by atoms with Gasteiger partial charge in [0.2, 0.25) is 0 Å². The molecular weight excluding hydrogens is 178 g/mol. The first-order chi connectivity index (χ1) is 6.61. The Bertz CT molecular complexity index is 513. The summed E-state index contributed by atoms with van der Waals surface area (Å²) in [6, 6.07) is 5.20. The van der Waals surface area contributed by atoms with Crippen molar-refractivity contribution in [2.45, 2.75) is 13.8 Å². The number of carbonyl (C=O) groups excluding carboxylic acids is 1. The lowest BCUT2D eigenvalue weighted by Crippen LogP contribution is -2.20. The van der Waals surface area contributed by atoms with Crippen LogP contribution in [0.1, 0.15) is 11.4 Å². The fourth-order valence-corrected chi connectivity index (χ4v) is 1.63. The zero-order chi connectivity index (χ0) is 10.3. The number of nitrogens with zero attached hydrogens (tertiary/aromatic N) is 2. The van der Waals surface area contributed by atoms with Gasteiger partial charge in [0.1, 0.15) is 5.82 Å². The normalized spacial score (nSPS) is 10.7. The smallest absolute Gasteiger partial charge is 0.324 e. The summed E-state index contributed by atoms with van der Waals surface area (Å²) in [6.07, 6.45) is 0. The van der Waals surface area contributed by atoms with Gasteiger partial charge in [-0.2, -0.15) is 0 Å². The van der Waals surface area contributed by atoms with Crippen LogP contribution in [0.25, 0.3) is 11.0 Å². The molecule has 4 nitrogen and oxygen atoms in total. The van der Waals surface area contributed by atoms with Gasteiger partial charge in [-0.05, 0) is 25.5 Å². The lowest BCUT2D eigenvalue weighted by Gasteiger charge is -1.99. The molecule has 1 amide bonds. The third kappa shape index (κ3) is 1.08. The second-order valence-corrected chi connectivity index (χ2v) is 3.28. The number of para-hydroxylation sites is 1. The molecule has 14 heavy (non-hydrogen) atoms. The van der Waals surface area contributed by atoms with E-state index in [2.05, 4.69) is 4.98 Å².